The SMILES string of the molecule is CCOC(=O)C(=O)C#Cc1ccccc1C. The molecule has 0 aromatic heterocycles. The molecule has 0 aliphatic rings. The van der Waals surface area contributed by atoms with Crippen molar-refractivity contribution in [2.45, 2.75) is 13.8 Å². The van der Waals surface area contributed by atoms with Crippen LogP contribution in [-0.4, -0.2) is 18.4 Å². The van der Waals surface area contributed by atoms with Crippen LogP contribution in [0.3, 0.4) is 0 Å². The normalized spacial score (nSPS) is 8.88. The van der Waals surface area contributed by atoms with Crippen molar-refractivity contribution in [2.24, 2.45) is 0 Å². The van der Waals surface area contributed by atoms with Gasteiger partial charge in [0.25, 0.3) is 0 Å². The molecule has 1 rings (SSSR count). The Balaban J connectivity index is 2.79. The Morgan fingerprint density at radius 2 is 2.00 bits per heavy atom. The van der Waals surface area contributed by atoms with Gasteiger partial charge in [0.2, 0.25) is 0 Å². The van der Waals surface area contributed by atoms with E-state index in [2.05, 4.69) is 16.6 Å². The lowest BCUT2D eigenvalue weighted by molar-refractivity contribution is -0.150. The van der Waals surface area contributed by atoms with Crippen LogP contribution in [0.4, 0.5) is 0 Å². The molecule has 0 fully saturated rings. The van der Waals surface area contributed by atoms with E-state index in [9.17, 15) is 9.59 Å². The van der Waals surface area contributed by atoms with Crippen LogP contribution in [0.15, 0.2) is 24.3 Å². The Kier molecular flexibility index (Phi) is 4.28. The van der Waals surface area contributed by atoms with Crippen LogP contribution in [0, 0.1) is 18.8 Å². The Labute approximate surface area is 94.4 Å². The minimum absolute atomic E-state index is 0.177. The van der Waals surface area contributed by atoms with Gasteiger partial charge in [0.1, 0.15) is 0 Å². The maximum atomic E-state index is 11.2. The summed E-state index contributed by atoms with van der Waals surface area (Å²) < 4.78 is 4.53. The van der Waals surface area contributed by atoms with Crippen LogP contribution in [-0.2, 0) is 14.3 Å². The number of benzene rings is 1. The van der Waals surface area contributed by atoms with Crippen LogP contribution in [0.25, 0.3) is 0 Å². The topological polar surface area (TPSA) is 43.4 Å². The van der Waals surface area contributed by atoms with Gasteiger partial charge >= 0.3 is 11.8 Å². The molecule has 0 atom stereocenters. The van der Waals surface area contributed by atoms with Crippen LogP contribution < -0.4 is 0 Å². The van der Waals surface area contributed by atoms with Gasteiger partial charge in [-0.05, 0) is 31.4 Å². The lowest BCUT2D eigenvalue weighted by atomic mass is 10.1. The second-order valence-corrected chi connectivity index (χ2v) is 3.11. The molecule has 16 heavy (non-hydrogen) atoms. The van der Waals surface area contributed by atoms with Gasteiger partial charge in [-0.3, -0.25) is 4.79 Å². The number of esters is 1. The molecule has 3 nitrogen and oxygen atoms in total. The number of ketones is 1. The van der Waals surface area contributed by atoms with Gasteiger partial charge in [-0.1, -0.05) is 24.1 Å². The number of Topliss-reactive ketones (excluding diaryl/α,β-unsaturated/α-hetero) is 1. The molecule has 1 aromatic carbocycles. The second kappa shape index (κ2) is 5.72. The number of rotatable bonds is 2. The first kappa shape index (κ1) is 12.0. The maximum Gasteiger partial charge on any atom is 0.388 e. The summed E-state index contributed by atoms with van der Waals surface area (Å²) in [6.45, 7) is 3.70. The fourth-order valence-corrected chi connectivity index (χ4v) is 1.08. The van der Waals surface area contributed by atoms with Crippen LogP contribution in [0.1, 0.15) is 18.1 Å². The van der Waals surface area contributed by atoms with Gasteiger partial charge in [0, 0.05) is 5.56 Å². The average Bonchev–Trinajstić information content (AvgIpc) is 2.28. The van der Waals surface area contributed by atoms with Crippen molar-refractivity contribution in [3.63, 3.8) is 0 Å². The van der Waals surface area contributed by atoms with Crippen molar-refractivity contribution < 1.29 is 14.3 Å². The van der Waals surface area contributed by atoms with E-state index in [1.807, 2.05) is 25.1 Å². The van der Waals surface area contributed by atoms with Crippen LogP contribution >= 0.6 is 0 Å². The van der Waals surface area contributed by atoms with Crippen molar-refractivity contribution >= 4 is 11.8 Å². The van der Waals surface area contributed by atoms with Gasteiger partial charge < -0.3 is 4.74 Å². The molecule has 0 amide bonds. The largest absolute Gasteiger partial charge is 0.459 e. The zero-order valence-electron chi connectivity index (χ0n) is 9.24. The first-order valence-corrected chi connectivity index (χ1v) is 4.94. The third-order valence-electron chi connectivity index (χ3n) is 1.92. The molecule has 0 saturated carbocycles. The van der Waals surface area contributed by atoms with Gasteiger partial charge in [0.15, 0.2) is 0 Å². The van der Waals surface area contributed by atoms with E-state index in [0.717, 1.165) is 11.1 Å². The predicted molar refractivity (Wildman–Crippen MR) is 59.7 cm³/mol. The third-order valence-corrected chi connectivity index (χ3v) is 1.92. The molecule has 0 aliphatic heterocycles. The number of ether oxygens (including phenoxy) is 1. The fourth-order valence-electron chi connectivity index (χ4n) is 1.08. The molecular weight excluding hydrogens is 204 g/mol. The van der Waals surface area contributed by atoms with Crippen molar-refractivity contribution in [3.05, 3.63) is 35.4 Å². The highest BCUT2D eigenvalue weighted by Crippen LogP contribution is 2.04. The minimum atomic E-state index is -0.899. The molecule has 0 spiro atoms. The van der Waals surface area contributed by atoms with E-state index in [4.69, 9.17) is 0 Å². The summed E-state index contributed by atoms with van der Waals surface area (Å²) in [5, 5.41) is 0. The minimum Gasteiger partial charge on any atom is -0.459 e. The van der Waals surface area contributed by atoms with Gasteiger partial charge in [-0.2, -0.15) is 0 Å². The number of hydrogen-bond donors (Lipinski definition) is 0. The number of carbonyl (C=O) groups excluding carboxylic acids is 2. The molecule has 0 aliphatic carbocycles. The molecule has 0 bridgehead atoms. The lowest BCUT2D eigenvalue weighted by Crippen LogP contribution is -2.15. The highest BCUT2D eigenvalue weighted by atomic mass is 16.5. The van der Waals surface area contributed by atoms with Gasteiger partial charge in [0.05, 0.1) is 6.61 Å². The van der Waals surface area contributed by atoms with Gasteiger partial charge in [-0.15, -0.1) is 0 Å². The summed E-state index contributed by atoms with van der Waals surface area (Å²) >= 11 is 0. The maximum absolute atomic E-state index is 11.2. The van der Waals surface area contributed by atoms with Crippen LogP contribution in [0.2, 0.25) is 0 Å². The predicted octanol–water partition coefficient (Wildman–Crippen LogP) is 1.48. The summed E-state index contributed by atoms with van der Waals surface area (Å²) in [4.78, 5) is 22.1. The second-order valence-electron chi connectivity index (χ2n) is 3.11. The van der Waals surface area contributed by atoms with Crippen LogP contribution in [0.5, 0.6) is 0 Å². The Bertz CT molecular complexity index is 464. The lowest BCUT2D eigenvalue weighted by Gasteiger charge is -1.95. The highest BCUT2D eigenvalue weighted by molar-refractivity contribution is 6.40. The molecular formula is C13H12O3. The van der Waals surface area contributed by atoms with Gasteiger partial charge in [-0.25, -0.2) is 4.79 Å². The van der Waals surface area contributed by atoms with Crippen molar-refractivity contribution in [1.82, 2.24) is 0 Å². The molecule has 1 aromatic rings. The molecule has 0 heterocycles. The first-order valence-electron chi connectivity index (χ1n) is 4.94. The van der Waals surface area contributed by atoms with E-state index < -0.39 is 11.8 Å². The summed E-state index contributed by atoms with van der Waals surface area (Å²) in [6.07, 6.45) is 0. The quantitative estimate of drug-likeness (QED) is 0.427. The van der Waals surface area contributed by atoms with Crippen molar-refractivity contribution in [2.75, 3.05) is 6.61 Å². The number of carbonyl (C=O) groups is 2. The standard InChI is InChI=1S/C13H12O3/c1-3-16-13(15)12(14)9-8-11-7-5-4-6-10(11)2/h4-7H,3H2,1-2H3. The smallest absolute Gasteiger partial charge is 0.388 e. The first-order chi connectivity index (χ1) is 7.65. The molecule has 0 N–H and O–H groups in total. The summed E-state index contributed by atoms with van der Waals surface area (Å²) in [7, 11) is 0. The molecule has 0 radical (unpaired) electrons. The van der Waals surface area contributed by atoms with E-state index >= 15 is 0 Å². The molecule has 82 valence electrons. The molecule has 0 saturated heterocycles. The van der Waals surface area contributed by atoms with E-state index in [-0.39, 0.29) is 6.61 Å². The van der Waals surface area contributed by atoms with Crippen molar-refractivity contribution in [1.29, 1.82) is 0 Å². The summed E-state index contributed by atoms with van der Waals surface area (Å²) in [5.74, 6) is 3.20. The Morgan fingerprint density at radius 1 is 1.31 bits per heavy atom. The number of hydrogen-bond acceptors (Lipinski definition) is 3. The highest BCUT2D eigenvalue weighted by Gasteiger charge is 2.10. The fraction of sp³-hybridized carbons (Fsp3) is 0.231. The Morgan fingerprint density at radius 3 is 2.62 bits per heavy atom. The van der Waals surface area contributed by atoms with E-state index in [1.54, 1.807) is 13.0 Å². The summed E-state index contributed by atoms with van der Waals surface area (Å²) in [5.41, 5.74) is 1.70. The number of aryl methyl sites for hydroxylation is 1. The zero-order valence-corrected chi connectivity index (χ0v) is 9.24. The van der Waals surface area contributed by atoms with E-state index in [1.165, 1.54) is 0 Å². The molecule has 3 heteroatoms. The third kappa shape index (κ3) is 3.25. The molecule has 0 unspecified atom stereocenters. The summed E-state index contributed by atoms with van der Waals surface area (Å²) in [6, 6.07) is 7.39. The monoisotopic (exact) mass is 216 g/mol. The average molecular weight is 216 g/mol. The zero-order chi connectivity index (χ0) is 12.0. The van der Waals surface area contributed by atoms with E-state index in [0.29, 0.717) is 0 Å². The van der Waals surface area contributed by atoms with Crippen molar-refractivity contribution in [3.8, 4) is 11.8 Å². The Hall–Kier alpha value is -2.08.